The minimum atomic E-state index is 0.240. The van der Waals surface area contributed by atoms with E-state index in [0.717, 1.165) is 18.0 Å². The molecule has 2 fully saturated rings. The quantitative estimate of drug-likeness (QED) is 0.864. The smallest absolute Gasteiger partial charge is 0.227 e. The van der Waals surface area contributed by atoms with Crippen LogP contribution in [0.25, 0.3) is 0 Å². The van der Waals surface area contributed by atoms with Crippen LogP contribution >= 0.6 is 0 Å². The Balaban J connectivity index is 1.63. The molecule has 1 amide bonds. The molecule has 19 heavy (non-hydrogen) atoms. The molecule has 0 radical (unpaired) electrons. The van der Waals surface area contributed by atoms with E-state index < -0.39 is 0 Å². The van der Waals surface area contributed by atoms with Crippen molar-refractivity contribution in [3.05, 3.63) is 29.8 Å². The van der Waals surface area contributed by atoms with Gasteiger partial charge in [-0.25, -0.2) is 0 Å². The Bertz CT molecular complexity index is 463. The zero-order chi connectivity index (χ0) is 13.4. The second kappa shape index (κ2) is 4.99. The number of anilines is 1. The third kappa shape index (κ3) is 2.54. The average molecular weight is 257 g/mol. The predicted octanol–water partition coefficient (Wildman–Crippen LogP) is 4.18. The van der Waals surface area contributed by atoms with E-state index in [1.807, 2.05) is 12.1 Å². The summed E-state index contributed by atoms with van der Waals surface area (Å²) in [5.74, 6) is 2.52. The van der Waals surface area contributed by atoms with Gasteiger partial charge in [0, 0.05) is 11.6 Å². The number of amides is 1. The lowest BCUT2D eigenvalue weighted by Gasteiger charge is -2.20. The molecule has 0 aliphatic heterocycles. The lowest BCUT2D eigenvalue weighted by atomic mass is 9.88. The molecule has 1 aromatic carbocycles. The topological polar surface area (TPSA) is 29.1 Å². The number of fused-ring (bicyclic) bond motifs is 2. The van der Waals surface area contributed by atoms with Gasteiger partial charge in [0.15, 0.2) is 0 Å². The van der Waals surface area contributed by atoms with E-state index in [1.54, 1.807) is 0 Å². The van der Waals surface area contributed by atoms with Crippen molar-refractivity contribution < 1.29 is 4.79 Å². The van der Waals surface area contributed by atoms with Crippen molar-refractivity contribution in [2.45, 2.75) is 45.4 Å². The maximum Gasteiger partial charge on any atom is 0.227 e. The van der Waals surface area contributed by atoms with Crippen LogP contribution < -0.4 is 5.32 Å². The molecule has 1 aromatic rings. The van der Waals surface area contributed by atoms with Crippen LogP contribution in [-0.4, -0.2) is 5.91 Å². The van der Waals surface area contributed by atoms with Gasteiger partial charge in [0.05, 0.1) is 0 Å². The molecule has 2 saturated carbocycles. The van der Waals surface area contributed by atoms with E-state index in [9.17, 15) is 4.79 Å². The first-order valence-electron chi connectivity index (χ1n) is 7.54. The summed E-state index contributed by atoms with van der Waals surface area (Å²) in [6, 6.07) is 8.28. The highest BCUT2D eigenvalue weighted by Gasteiger charge is 2.42. The first-order chi connectivity index (χ1) is 9.13. The second-order valence-electron chi connectivity index (χ2n) is 6.55. The molecule has 2 heteroatoms. The van der Waals surface area contributed by atoms with E-state index in [2.05, 4.69) is 31.3 Å². The van der Waals surface area contributed by atoms with Gasteiger partial charge in [-0.2, -0.15) is 0 Å². The summed E-state index contributed by atoms with van der Waals surface area (Å²) in [7, 11) is 0. The van der Waals surface area contributed by atoms with E-state index in [1.165, 1.54) is 24.8 Å². The van der Waals surface area contributed by atoms with Crippen LogP contribution in [0.2, 0.25) is 0 Å². The summed E-state index contributed by atoms with van der Waals surface area (Å²) < 4.78 is 0. The number of hydrogen-bond donors (Lipinski definition) is 1. The summed E-state index contributed by atoms with van der Waals surface area (Å²) in [6.45, 7) is 4.37. The molecule has 0 unspecified atom stereocenters. The molecule has 1 N–H and O–H groups in total. The summed E-state index contributed by atoms with van der Waals surface area (Å²) in [5.41, 5.74) is 2.26. The molecule has 0 spiro atoms. The van der Waals surface area contributed by atoms with Gasteiger partial charge in [-0.3, -0.25) is 4.79 Å². The molecule has 3 atom stereocenters. The molecule has 0 aromatic heterocycles. The summed E-state index contributed by atoms with van der Waals surface area (Å²) in [5, 5.41) is 3.10. The average Bonchev–Trinajstić information content (AvgIpc) is 3.01. The minimum absolute atomic E-state index is 0.240. The van der Waals surface area contributed by atoms with E-state index in [0.29, 0.717) is 11.8 Å². The Kier molecular flexibility index (Phi) is 3.34. The highest BCUT2D eigenvalue weighted by Crippen LogP contribution is 2.48. The molecular weight excluding hydrogens is 234 g/mol. The summed E-state index contributed by atoms with van der Waals surface area (Å²) in [6.07, 6.45) is 5.00. The summed E-state index contributed by atoms with van der Waals surface area (Å²) in [4.78, 5) is 12.3. The van der Waals surface area contributed by atoms with Crippen molar-refractivity contribution in [3.63, 3.8) is 0 Å². The fraction of sp³-hybridized carbons (Fsp3) is 0.588. The maximum atomic E-state index is 12.3. The van der Waals surface area contributed by atoms with Gasteiger partial charge in [0.2, 0.25) is 5.91 Å². The van der Waals surface area contributed by atoms with Gasteiger partial charge in [0.1, 0.15) is 0 Å². The Hall–Kier alpha value is -1.31. The van der Waals surface area contributed by atoms with E-state index in [-0.39, 0.29) is 11.8 Å². The molecule has 3 rings (SSSR count). The van der Waals surface area contributed by atoms with Crippen molar-refractivity contribution >= 4 is 11.6 Å². The van der Waals surface area contributed by atoms with Crippen molar-refractivity contribution in [3.8, 4) is 0 Å². The first kappa shape index (κ1) is 12.7. The molecule has 102 valence electrons. The highest BCUT2D eigenvalue weighted by atomic mass is 16.1. The lowest BCUT2D eigenvalue weighted by Crippen LogP contribution is -2.27. The fourth-order valence-electron chi connectivity index (χ4n) is 3.75. The predicted molar refractivity (Wildman–Crippen MR) is 78.1 cm³/mol. The first-order valence-corrected chi connectivity index (χ1v) is 7.54. The number of hydrogen-bond acceptors (Lipinski definition) is 1. The Morgan fingerprint density at radius 3 is 2.42 bits per heavy atom. The van der Waals surface area contributed by atoms with Gasteiger partial charge in [0.25, 0.3) is 0 Å². The monoisotopic (exact) mass is 257 g/mol. The van der Waals surface area contributed by atoms with Crippen molar-refractivity contribution in [1.29, 1.82) is 0 Å². The highest BCUT2D eigenvalue weighted by molar-refractivity contribution is 5.93. The number of nitrogens with one attached hydrogen (secondary N) is 1. The van der Waals surface area contributed by atoms with E-state index in [4.69, 9.17) is 0 Å². The van der Waals surface area contributed by atoms with Crippen LogP contribution in [-0.2, 0) is 4.79 Å². The number of carbonyl (C=O) groups is 1. The number of carbonyl (C=O) groups excluding carboxylic acids is 1. The van der Waals surface area contributed by atoms with Gasteiger partial charge < -0.3 is 5.32 Å². The van der Waals surface area contributed by atoms with Crippen LogP contribution in [0, 0.1) is 17.8 Å². The van der Waals surface area contributed by atoms with Crippen LogP contribution in [0.1, 0.15) is 51.0 Å². The largest absolute Gasteiger partial charge is 0.326 e. The van der Waals surface area contributed by atoms with Crippen LogP contribution in [0.3, 0.4) is 0 Å². The molecule has 0 saturated heterocycles. The number of benzene rings is 1. The van der Waals surface area contributed by atoms with Crippen molar-refractivity contribution in [2.24, 2.45) is 17.8 Å². The molecule has 2 bridgehead atoms. The van der Waals surface area contributed by atoms with Crippen LogP contribution in [0.15, 0.2) is 24.3 Å². The molecular formula is C17H23NO. The van der Waals surface area contributed by atoms with Gasteiger partial charge in [-0.15, -0.1) is 0 Å². The maximum absolute atomic E-state index is 12.3. The summed E-state index contributed by atoms with van der Waals surface area (Å²) >= 11 is 0. The van der Waals surface area contributed by atoms with Gasteiger partial charge in [-0.05, 0) is 54.7 Å². The lowest BCUT2D eigenvalue weighted by molar-refractivity contribution is -0.121. The SMILES string of the molecule is CC(C)c1ccc(NC(=O)[C@@H]2C[C@H]3CC[C@H]2C3)cc1. The van der Waals surface area contributed by atoms with Gasteiger partial charge in [-0.1, -0.05) is 32.4 Å². The normalized spacial score (nSPS) is 28.9. The Morgan fingerprint density at radius 2 is 1.89 bits per heavy atom. The van der Waals surface area contributed by atoms with Crippen LogP contribution in [0.5, 0.6) is 0 Å². The number of rotatable bonds is 3. The molecule has 2 aliphatic carbocycles. The minimum Gasteiger partial charge on any atom is -0.326 e. The van der Waals surface area contributed by atoms with Crippen molar-refractivity contribution in [2.75, 3.05) is 5.32 Å². The second-order valence-corrected chi connectivity index (χ2v) is 6.55. The fourth-order valence-corrected chi connectivity index (χ4v) is 3.75. The standard InChI is InChI=1S/C17H23NO/c1-11(2)13-5-7-15(8-6-13)18-17(19)16-10-12-3-4-14(16)9-12/h5-8,11-12,14,16H,3-4,9-10H2,1-2H3,(H,18,19)/t12-,14-,16+/m0/s1. The molecule has 0 heterocycles. The Morgan fingerprint density at radius 1 is 1.16 bits per heavy atom. The zero-order valence-electron chi connectivity index (χ0n) is 11.9. The van der Waals surface area contributed by atoms with Gasteiger partial charge >= 0.3 is 0 Å². The molecule has 2 aliphatic rings. The third-order valence-corrected chi connectivity index (χ3v) is 4.92. The zero-order valence-corrected chi connectivity index (χ0v) is 11.9. The van der Waals surface area contributed by atoms with Crippen molar-refractivity contribution in [1.82, 2.24) is 0 Å². The van der Waals surface area contributed by atoms with Crippen LogP contribution in [0.4, 0.5) is 5.69 Å². The third-order valence-electron chi connectivity index (χ3n) is 4.92. The Labute approximate surface area is 115 Å². The van der Waals surface area contributed by atoms with E-state index >= 15 is 0 Å². The molecule has 2 nitrogen and oxygen atoms in total.